The lowest BCUT2D eigenvalue weighted by Gasteiger charge is -2.34. The largest absolute Gasteiger partial charge is 0.624 e. The molecular formula is C14H19NO9. The number of carbonyl (C=O) groups is 4. The number of hydrogen-bond donors (Lipinski definition) is 0. The van der Waals surface area contributed by atoms with E-state index >= 15 is 0 Å². The molecule has 134 valence electrons. The molecule has 3 atom stereocenters. The number of carbonyl (C=O) groups excluding carboxylic acids is 4. The third-order valence-corrected chi connectivity index (χ3v) is 2.99. The molecule has 1 heterocycles. The summed E-state index contributed by atoms with van der Waals surface area (Å²) in [5.41, 5.74) is -0.130. The number of rotatable bonds is 5. The van der Waals surface area contributed by atoms with Gasteiger partial charge in [0.05, 0.1) is 0 Å². The first-order chi connectivity index (χ1) is 11.1. The highest BCUT2D eigenvalue weighted by molar-refractivity contribution is 5.90. The van der Waals surface area contributed by atoms with Crippen LogP contribution in [0.5, 0.6) is 0 Å². The van der Waals surface area contributed by atoms with Gasteiger partial charge in [0.1, 0.15) is 0 Å². The van der Waals surface area contributed by atoms with Gasteiger partial charge in [-0.25, -0.2) is 4.74 Å². The minimum Gasteiger partial charge on any atom is -0.624 e. The first-order valence-corrected chi connectivity index (χ1v) is 7.07. The molecule has 0 aromatic rings. The molecule has 0 aliphatic carbocycles. The van der Waals surface area contributed by atoms with E-state index in [1.54, 1.807) is 0 Å². The van der Waals surface area contributed by atoms with Gasteiger partial charge in [0.2, 0.25) is 17.9 Å². The van der Waals surface area contributed by atoms with Crippen LogP contribution in [0, 0.1) is 5.21 Å². The fraction of sp³-hybridized carbons (Fsp3) is 0.643. The van der Waals surface area contributed by atoms with Crippen LogP contribution in [0.1, 0.15) is 27.7 Å². The van der Waals surface area contributed by atoms with Crippen LogP contribution < -0.4 is 0 Å². The molecule has 0 unspecified atom stereocenters. The Morgan fingerprint density at radius 3 is 1.96 bits per heavy atom. The predicted molar refractivity (Wildman–Crippen MR) is 76.8 cm³/mol. The minimum absolute atomic E-state index is 0.130. The van der Waals surface area contributed by atoms with Crippen LogP contribution >= 0.6 is 0 Å². The number of hydroxylamine groups is 1. The first kappa shape index (κ1) is 19.4. The molecule has 1 aliphatic rings. The summed E-state index contributed by atoms with van der Waals surface area (Å²) in [7, 11) is 0. The van der Waals surface area contributed by atoms with Gasteiger partial charge in [0.15, 0.2) is 19.3 Å². The summed E-state index contributed by atoms with van der Waals surface area (Å²) in [5.74, 6) is -2.82. The van der Waals surface area contributed by atoms with E-state index in [9.17, 15) is 24.4 Å². The number of ether oxygens (including phenoxy) is 4. The molecule has 0 saturated heterocycles. The first-order valence-electron chi connectivity index (χ1n) is 7.07. The molecule has 1 rings (SSSR count). The predicted octanol–water partition coefficient (Wildman–Crippen LogP) is -0.690. The van der Waals surface area contributed by atoms with Gasteiger partial charge in [-0.2, -0.15) is 0 Å². The van der Waals surface area contributed by atoms with Crippen molar-refractivity contribution < 1.29 is 42.9 Å². The number of esters is 4. The van der Waals surface area contributed by atoms with Gasteiger partial charge in [-0.05, 0) is 0 Å². The molecule has 0 spiro atoms. The van der Waals surface area contributed by atoms with Gasteiger partial charge in [-0.3, -0.25) is 19.2 Å². The highest BCUT2D eigenvalue weighted by Crippen LogP contribution is 2.20. The van der Waals surface area contributed by atoms with Gasteiger partial charge < -0.3 is 24.2 Å². The van der Waals surface area contributed by atoms with Crippen molar-refractivity contribution in [3.63, 3.8) is 0 Å². The lowest BCUT2D eigenvalue weighted by atomic mass is 9.99. The van der Waals surface area contributed by atoms with Crippen LogP contribution in [-0.4, -0.2) is 65.8 Å². The van der Waals surface area contributed by atoms with Gasteiger partial charge in [-0.15, -0.1) is 0 Å². The molecule has 0 aromatic heterocycles. The fourth-order valence-corrected chi connectivity index (χ4v) is 2.20. The summed E-state index contributed by atoms with van der Waals surface area (Å²) in [6, 6.07) is 0. The highest BCUT2D eigenvalue weighted by Gasteiger charge is 2.49. The zero-order valence-electron chi connectivity index (χ0n) is 13.8. The highest BCUT2D eigenvalue weighted by atomic mass is 16.6. The van der Waals surface area contributed by atoms with Crippen LogP contribution in [-0.2, 0) is 38.1 Å². The van der Waals surface area contributed by atoms with Crippen LogP contribution in [0.4, 0.5) is 0 Å². The molecule has 0 aromatic carbocycles. The number of nitrogens with zero attached hydrogens (tertiary/aromatic N) is 1. The molecule has 10 nitrogen and oxygen atoms in total. The summed E-state index contributed by atoms with van der Waals surface area (Å²) >= 11 is 0. The Kier molecular flexibility index (Phi) is 6.69. The standard InChI is InChI=1S/C14H19NO9/c1-7(16)21-6-11-13(23-9(3)18)14(24-10(4)19)12(5-15(11)20)22-8(2)17/h12-14H,5-6H2,1-4H3/t12-,13-,14-/m1/s1. The molecule has 10 heteroatoms. The molecule has 0 bridgehead atoms. The van der Waals surface area contributed by atoms with Crippen molar-refractivity contribution in [1.29, 1.82) is 0 Å². The SMILES string of the molecule is CC(=O)OCC1=[N+]([O-])C[C@@H](OC(C)=O)[C@@H](OC(C)=O)[C@@H]1OC(C)=O. The van der Waals surface area contributed by atoms with E-state index in [-0.39, 0.29) is 12.3 Å². The van der Waals surface area contributed by atoms with E-state index in [0.29, 0.717) is 4.74 Å². The van der Waals surface area contributed by atoms with Crippen LogP contribution in [0.15, 0.2) is 0 Å². The Bertz CT molecular complexity index is 569. The summed E-state index contributed by atoms with van der Waals surface area (Å²) in [5, 5.41) is 12.2. The summed E-state index contributed by atoms with van der Waals surface area (Å²) < 4.78 is 20.3. The second kappa shape index (κ2) is 8.27. The van der Waals surface area contributed by atoms with Crippen molar-refractivity contribution in [1.82, 2.24) is 0 Å². The maximum absolute atomic E-state index is 12.2. The monoisotopic (exact) mass is 345 g/mol. The van der Waals surface area contributed by atoms with Crippen LogP contribution in [0.3, 0.4) is 0 Å². The van der Waals surface area contributed by atoms with E-state index in [1.165, 1.54) is 0 Å². The van der Waals surface area contributed by atoms with Crippen molar-refractivity contribution in [2.24, 2.45) is 0 Å². The fourth-order valence-electron chi connectivity index (χ4n) is 2.20. The molecule has 1 aliphatic heterocycles. The van der Waals surface area contributed by atoms with E-state index < -0.39 is 48.8 Å². The molecule has 0 radical (unpaired) electrons. The van der Waals surface area contributed by atoms with E-state index in [1.807, 2.05) is 0 Å². The van der Waals surface area contributed by atoms with E-state index in [0.717, 1.165) is 27.7 Å². The average Bonchev–Trinajstić information content (AvgIpc) is 2.40. The van der Waals surface area contributed by atoms with Crippen LogP contribution in [0.25, 0.3) is 0 Å². The van der Waals surface area contributed by atoms with E-state index in [4.69, 9.17) is 18.9 Å². The van der Waals surface area contributed by atoms with Gasteiger partial charge in [0.25, 0.3) is 0 Å². The van der Waals surface area contributed by atoms with Crippen molar-refractivity contribution in [2.45, 2.75) is 46.0 Å². The smallest absolute Gasteiger partial charge is 0.303 e. The minimum atomic E-state index is -1.35. The summed E-state index contributed by atoms with van der Waals surface area (Å²) in [4.78, 5) is 44.9. The van der Waals surface area contributed by atoms with Crippen molar-refractivity contribution in [2.75, 3.05) is 13.2 Å². The zero-order valence-corrected chi connectivity index (χ0v) is 13.8. The quantitative estimate of drug-likeness (QED) is 0.275. The Morgan fingerprint density at radius 1 is 0.958 bits per heavy atom. The van der Waals surface area contributed by atoms with Crippen molar-refractivity contribution in [3.8, 4) is 0 Å². The lowest BCUT2D eigenvalue weighted by molar-refractivity contribution is -0.485. The molecule has 24 heavy (non-hydrogen) atoms. The van der Waals surface area contributed by atoms with Crippen molar-refractivity contribution >= 4 is 29.6 Å². The average molecular weight is 345 g/mol. The second-order valence-corrected chi connectivity index (χ2v) is 5.08. The molecule has 0 fully saturated rings. The number of hydrogen-bond acceptors (Lipinski definition) is 9. The molecule has 0 N–H and O–H groups in total. The third kappa shape index (κ3) is 5.52. The third-order valence-electron chi connectivity index (χ3n) is 2.99. The normalized spacial score (nSPS) is 23.2. The molecule has 0 saturated carbocycles. The van der Waals surface area contributed by atoms with Gasteiger partial charge in [-0.1, -0.05) is 0 Å². The summed E-state index contributed by atoms with van der Waals surface area (Å²) in [6.07, 6.45) is -3.72. The Balaban J connectivity index is 3.22. The lowest BCUT2D eigenvalue weighted by Crippen LogP contribution is -2.58. The maximum atomic E-state index is 12.2. The van der Waals surface area contributed by atoms with Crippen LogP contribution in [0.2, 0.25) is 0 Å². The molecule has 0 amide bonds. The van der Waals surface area contributed by atoms with Gasteiger partial charge in [0, 0.05) is 27.7 Å². The van der Waals surface area contributed by atoms with E-state index in [2.05, 4.69) is 0 Å². The zero-order chi connectivity index (χ0) is 18.4. The Labute approximate surface area is 137 Å². The van der Waals surface area contributed by atoms with Gasteiger partial charge >= 0.3 is 23.9 Å². The Morgan fingerprint density at radius 2 is 1.50 bits per heavy atom. The molecular weight excluding hydrogens is 326 g/mol. The second-order valence-electron chi connectivity index (χ2n) is 5.08. The summed E-state index contributed by atoms with van der Waals surface area (Å²) in [6.45, 7) is 3.65. The maximum Gasteiger partial charge on any atom is 0.303 e. The van der Waals surface area contributed by atoms with Crippen molar-refractivity contribution in [3.05, 3.63) is 5.21 Å². The topological polar surface area (TPSA) is 131 Å². The Hall–Kier alpha value is -2.65.